The van der Waals surface area contributed by atoms with Gasteiger partial charge in [0, 0.05) is 25.7 Å². The maximum Gasteiger partial charge on any atom is 0.274 e. The lowest BCUT2D eigenvalue weighted by molar-refractivity contribution is 0.0772. The molecule has 3 rings (SSSR count). The van der Waals surface area contributed by atoms with E-state index in [-0.39, 0.29) is 11.5 Å². The molecule has 1 amide bonds. The van der Waals surface area contributed by atoms with Crippen LogP contribution in [-0.4, -0.2) is 33.7 Å². The summed E-state index contributed by atoms with van der Waals surface area (Å²) in [5, 5.41) is 4.14. The second kappa shape index (κ2) is 4.79. The Morgan fingerprint density at radius 2 is 2.00 bits per heavy atom. The fraction of sp³-hybridized carbons (Fsp3) is 0.643. The van der Waals surface area contributed by atoms with Gasteiger partial charge >= 0.3 is 0 Å². The van der Waals surface area contributed by atoms with Crippen LogP contribution < -0.4 is 5.56 Å². The van der Waals surface area contributed by atoms with Gasteiger partial charge in [0.1, 0.15) is 5.69 Å². The average Bonchev–Trinajstić information content (AvgIpc) is 2.99. The molecule has 0 N–H and O–H groups in total. The third kappa shape index (κ3) is 2.17. The number of aryl methyl sites for hydroxylation is 1. The van der Waals surface area contributed by atoms with E-state index in [2.05, 4.69) is 5.10 Å². The molecule has 0 bridgehead atoms. The van der Waals surface area contributed by atoms with Crippen molar-refractivity contribution in [1.82, 2.24) is 14.7 Å². The predicted molar refractivity (Wildman–Crippen MR) is 70.9 cm³/mol. The number of aromatic nitrogens is 2. The SMILES string of the molecule is CCn1nc(C(=O)N2CC3CCCC3C2)ccc1=O. The van der Waals surface area contributed by atoms with Crippen molar-refractivity contribution in [2.24, 2.45) is 11.8 Å². The number of carbonyl (C=O) groups is 1. The van der Waals surface area contributed by atoms with Gasteiger partial charge in [0.2, 0.25) is 0 Å². The molecule has 1 aromatic heterocycles. The van der Waals surface area contributed by atoms with Crippen molar-refractivity contribution in [3.05, 3.63) is 28.2 Å². The molecule has 0 radical (unpaired) electrons. The summed E-state index contributed by atoms with van der Waals surface area (Å²) in [4.78, 5) is 25.8. The Morgan fingerprint density at radius 3 is 2.63 bits per heavy atom. The summed E-state index contributed by atoms with van der Waals surface area (Å²) >= 11 is 0. The summed E-state index contributed by atoms with van der Waals surface area (Å²) < 4.78 is 1.34. The molecule has 0 spiro atoms. The number of fused-ring (bicyclic) bond motifs is 1. The molecular formula is C14H19N3O2. The van der Waals surface area contributed by atoms with E-state index in [1.54, 1.807) is 6.07 Å². The molecule has 5 nitrogen and oxygen atoms in total. The molecule has 2 atom stereocenters. The predicted octanol–water partition coefficient (Wildman–Crippen LogP) is 1.14. The minimum absolute atomic E-state index is 0.0309. The zero-order valence-corrected chi connectivity index (χ0v) is 11.2. The number of rotatable bonds is 2. The molecule has 1 saturated carbocycles. The Balaban J connectivity index is 1.79. The Labute approximate surface area is 112 Å². The first-order valence-electron chi connectivity index (χ1n) is 7.06. The molecule has 2 unspecified atom stereocenters. The molecule has 5 heteroatoms. The second-order valence-corrected chi connectivity index (χ2v) is 5.53. The standard InChI is InChI=1S/C14H19N3O2/c1-2-17-13(18)7-6-12(15-17)14(19)16-8-10-4-3-5-11(10)9-16/h6-7,10-11H,2-5,8-9H2,1H3. The van der Waals surface area contributed by atoms with Crippen molar-refractivity contribution in [1.29, 1.82) is 0 Å². The first-order valence-corrected chi connectivity index (χ1v) is 7.06. The first kappa shape index (κ1) is 12.4. The van der Waals surface area contributed by atoms with Crippen LogP contribution in [0.2, 0.25) is 0 Å². The number of hydrogen-bond donors (Lipinski definition) is 0. The van der Waals surface area contributed by atoms with Crippen LogP contribution in [0.1, 0.15) is 36.7 Å². The minimum Gasteiger partial charge on any atom is -0.337 e. The van der Waals surface area contributed by atoms with E-state index in [4.69, 9.17) is 0 Å². The summed E-state index contributed by atoms with van der Waals surface area (Å²) in [6, 6.07) is 2.98. The van der Waals surface area contributed by atoms with Crippen LogP contribution >= 0.6 is 0 Å². The molecule has 1 saturated heterocycles. The zero-order valence-electron chi connectivity index (χ0n) is 11.2. The van der Waals surface area contributed by atoms with Crippen molar-refractivity contribution in [2.45, 2.75) is 32.7 Å². The summed E-state index contributed by atoms with van der Waals surface area (Å²) in [5.74, 6) is 1.33. The van der Waals surface area contributed by atoms with Crippen LogP contribution in [0.3, 0.4) is 0 Å². The van der Waals surface area contributed by atoms with Crippen LogP contribution in [-0.2, 0) is 6.54 Å². The van der Waals surface area contributed by atoms with Crippen molar-refractivity contribution >= 4 is 5.91 Å². The molecule has 2 fully saturated rings. The number of hydrogen-bond acceptors (Lipinski definition) is 3. The van der Waals surface area contributed by atoms with Gasteiger partial charge in [-0.3, -0.25) is 9.59 Å². The molecule has 102 valence electrons. The van der Waals surface area contributed by atoms with Gasteiger partial charge in [-0.2, -0.15) is 5.10 Å². The van der Waals surface area contributed by atoms with Crippen molar-refractivity contribution in [2.75, 3.05) is 13.1 Å². The number of likely N-dealkylation sites (tertiary alicyclic amines) is 1. The summed E-state index contributed by atoms with van der Waals surface area (Å²) in [6.45, 7) is 4.06. The molecule has 2 heterocycles. The van der Waals surface area contributed by atoms with Gasteiger partial charge in [0.25, 0.3) is 11.5 Å². The smallest absolute Gasteiger partial charge is 0.274 e. The average molecular weight is 261 g/mol. The monoisotopic (exact) mass is 261 g/mol. The summed E-state index contributed by atoms with van der Waals surface area (Å²) in [5.41, 5.74) is 0.235. The van der Waals surface area contributed by atoms with Gasteiger partial charge in [-0.1, -0.05) is 6.42 Å². The van der Waals surface area contributed by atoms with Crippen molar-refractivity contribution < 1.29 is 4.79 Å². The molecule has 1 aromatic rings. The van der Waals surface area contributed by atoms with Crippen LogP contribution in [0.4, 0.5) is 0 Å². The summed E-state index contributed by atoms with van der Waals surface area (Å²) in [7, 11) is 0. The van der Waals surface area contributed by atoms with Crippen LogP contribution in [0.5, 0.6) is 0 Å². The summed E-state index contributed by atoms with van der Waals surface area (Å²) in [6.07, 6.45) is 3.79. The molecule has 1 aliphatic carbocycles. The molecule has 2 aliphatic rings. The number of nitrogens with zero attached hydrogens (tertiary/aromatic N) is 3. The fourth-order valence-corrected chi connectivity index (χ4v) is 3.35. The van der Waals surface area contributed by atoms with Gasteiger partial charge < -0.3 is 4.90 Å². The molecule has 19 heavy (non-hydrogen) atoms. The van der Waals surface area contributed by atoms with E-state index in [0.29, 0.717) is 24.1 Å². The zero-order chi connectivity index (χ0) is 13.4. The lowest BCUT2D eigenvalue weighted by atomic mass is 10.0. The maximum atomic E-state index is 12.4. The van der Waals surface area contributed by atoms with Gasteiger partial charge in [0.05, 0.1) is 0 Å². The highest BCUT2D eigenvalue weighted by Crippen LogP contribution is 2.37. The van der Waals surface area contributed by atoms with Crippen LogP contribution in [0.15, 0.2) is 16.9 Å². The third-order valence-electron chi connectivity index (χ3n) is 4.40. The second-order valence-electron chi connectivity index (χ2n) is 5.53. The highest BCUT2D eigenvalue weighted by atomic mass is 16.2. The topological polar surface area (TPSA) is 55.2 Å². The number of carbonyl (C=O) groups excluding carboxylic acids is 1. The number of amides is 1. The van der Waals surface area contributed by atoms with Gasteiger partial charge in [0.15, 0.2) is 0 Å². The van der Waals surface area contributed by atoms with E-state index in [0.717, 1.165) is 13.1 Å². The molecule has 0 aromatic carbocycles. The first-order chi connectivity index (χ1) is 9.19. The molecular weight excluding hydrogens is 242 g/mol. The van der Waals surface area contributed by atoms with E-state index in [1.807, 2.05) is 11.8 Å². The highest BCUT2D eigenvalue weighted by molar-refractivity contribution is 5.92. The Kier molecular flexibility index (Phi) is 3.12. The van der Waals surface area contributed by atoms with Gasteiger partial charge in [-0.25, -0.2) is 4.68 Å². The Hall–Kier alpha value is -1.65. The van der Waals surface area contributed by atoms with Crippen LogP contribution in [0, 0.1) is 11.8 Å². The largest absolute Gasteiger partial charge is 0.337 e. The van der Waals surface area contributed by atoms with Crippen molar-refractivity contribution in [3.63, 3.8) is 0 Å². The van der Waals surface area contributed by atoms with E-state index in [1.165, 1.54) is 30.0 Å². The lowest BCUT2D eigenvalue weighted by Crippen LogP contribution is -2.32. The Morgan fingerprint density at radius 1 is 1.32 bits per heavy atom. The third-order valence-corrected chi connectivity index (χ3v) is 4.40. The normalized spacial score (nSPS) is 25.6. The van der Waals surface area contributed by atoms with Gasteiger partial charge in [-0.15, -0.1) is 0 Å². The quantitative estimate of drug-likeness (QED) is 0.802. The van der Waals surface area contributed by atoms with E-state index >= 15 is 0 Å². The van der Waals surface area contributed by atoms with E-state index in [9.17, 15) is 9.59 Å². The van der Waals surface area contributed by atoms with Gasteiger partial charge in [-0.05, 0) is 37.7 Å². The minimum atomic E-state index is -0.155. The highest BCUT2D eigenvalue weighted by Gasteiger charge is 2.38. The van der Waals surface area contributed by atoms with Crippen LogP contribution in [0.25, 0.3) is 0 Å². The Bertz CT molecular complexity index is 540. The maximum absolute atomic E-state index is 12.4. The lowest BCUT2D eigenvalue weighted by Gasteiger charge is -2.17. The molecule has 1 aliphatic heterocycles. The fourth-order valence-electron chi connectivity index (χ4n) is 3.35. The van der Waals surface area contributed by atoms with Crippen molar-refractivity contribution in [3.8, 4) is 0 Å². The van der Waals surface area contributed by atoms with E-state index < -0.39 is 0 Å².